The summed E-state index contributed by atoms with van der Waals surface area (Å²) in [5.41, 5.74) is 9.48. The van der Waals surface area contributed by atoms with E-state index in [1.165, 1.54) is 0 Å². The summed E-state index contributed by atoms with van der Waals surface area (Å²) in [4.78, 5) is 14.8. The molecular formula is C14H17N5O3. The van der Waals surface area contributed by atoms with Gasteiger partial charge < -0.3 is 20.1 Å². The number of carbonyl (C=O) groups excluding carboxylic acids is 1. The van der Waals surface area contributed by atoms with Gasteiger partial charge in [-0.25, -0.2) is 0 Å². The molecule has 3 rings (SSSR count). The van der Waals surface area contributed by atoms with Gasteiger partial charge in [-0.15, -0.1) is 0 Å². The first-order valence-electron chi connectivity index (χ1n) is 7.20. The highest BCUT2D eigenvalue weighted by Crippen LogP contribution is 2.32. The lowest BCUT2D eigenvalue weighted by molar-refractivity contribution is -0.122. The number of hydrogen-bond acceptors (Lipinski definition) is 5. The van der Waals surface area contributed by atoms with Crippen molar-refractivity contribution in [3.8, 4) is 11.5 Å². The zero-order valence-electron chi connectivity index (χ0n) is 12.0. The van der Waals surface area contributed by atoms with E-state index in [0.717, 1.165) is 23.5 Å². The largest absolute Gasteiger partial charge is 0.454 e. The van der Waals surface area contributed by atoms with Gasteiger partial charge in [0.2, 0.25) is 12.7 Å². The van der Waals surface area contributed by atoms with Gasteiger partial charge in [0.15, 0.2) is 11.5 Å². The number of azide groups is 1. The highest BCUT2D eigenvalue weighted by molar-refractivity contribution is 5.82. The quantitative estimate of drug-likeness (QED) is 0.482. The highest BCUT2D eigenvalue weighted by Gasteiger charge is 2.28. The Morgan fingerprint density at radius 3 is 3.18 bits per heavy atom. The molecule has 0 spiro atoms. The predicted octanol–water partition coefficient (Wildman–Crippen LogP) is 1.11. The maximum Gasteiger partial charge on any atom is 0.237 e. The van der Waals surface area contributed by atoms with E-state index in [4.69, 9.17) is 15.0 Å². The smallest absolute Gasteiger partial charge is 0.237 e. The van der Waals surface area contributed by atoms with Gasteiger partial charge in [0.1, 0.15) is 0 Å². The number of benzene rings is 1. The van der Waals surface area contributed by atoms with E-state index in [2.05, 4.69) is 20.7 Å². The lowest BCUT2D eigenvalue weighted by Crippen LogP contribution is -2.41. The normalized spacial score (nSPS) is 22.2. The van der Waals surface area contributed by atoms with Crippen molar-refractivity contribution < 1.29 is 14.3 Å². The maximum absolute atomic E-state index is 12.0. The van der Waals surface area contributed by atoms with Crippen LogP contribution in [0.2, 0.25) is 0 Å². The Labute approximate surface area is 127 Å². The van der Waals surface area contributed by atoms with Crippen LogP contribution in [-0.2, 0) is 11.2 Å². The molecule has 0 unspecified atom stereocenters. The van der Waals surface area contributed by atoms with Gasteiger partial charge in [-0.05, 0) is 36.1 Å². The topological polar surface area (TPSA) is 108 Å². The van der Waals surface area contributed by atoms with E-state index in [1.54, 1.807) is 0 Å². The number of hydrogen-bond donors (Lipinski definition) is 2. The van der Waals surface area contributed by atoms with Crippen LogP contribution in [-0.4, -0.2) is 37.9 Å². The molecule has 0 aromatic heterocycles. The molecule has 0 saturated carbocycles. The number of nitrogens with one attached hydrogen (secondary N) is 2. The lowest BCUT2D eigenvalue weighted by atomic mass is 10.1. The first-order chi connectivity index (χ1) is 10.8. The van der Waals surface area contributed by atoms with Crippen LogP contribution in [0, 0.1) is 0 Å². The number of ether oxygens (including phenoxy) is 2. The molecule has 1 aromatic rings. The van der Waals surface area contributed by atoms with Gasteiger partial charge in [0.05, 0.1) is 12.1 Å². The van der Waals surface area contributed by atoms with Gasteiger partial charge >= 0.3 is 0 Å². The van der Waals surface area contributed by atoms with E-state index in [0.29, 0.717) is 19.5 Å². The second-order valence-corrected chi connectivity index (χ2v) is 5.28. The standard InChI is InChI=1S/C14H17N5O3/c15-19-18-10-6-11(17-7-10)14(20)16-4-3-9-1-2-12-13(5-9)22-8-21-12/h1-2,5,10-11,17H,3-4,6-8H2,(H,16,20)/t10-,11+/m1/s1. The number of rotatable bonds is 5. The van der Waals surface area contributed by atoms with E-state index < -0.39 is 0 Å². The van der Waals surface area contributed by atoms with Crippen molar-refractivity contribution in [2.75, 3.05) is 19.9 Å². The molecule has 8 nitrogen and oxygen atoms in total. The van der Waals surface area contributed by atoms with E-state index in [1.807, 2.05) is 18.2 Å². The Balaban J connectivity index is 1.45. The Hall–Kier alpha value is -2.44. The summed E-state index contributed by atoms with van der Waals surface area (Å²) in [6.45, 7) is 1.35. The zero-order valence-corrected chi connectivity index (χ0v) is 12.0. The Morgan fingerprint density at radius 1 is 1.45 bits per heavy atom. The molecule has 2 atom stereocenters. The van der Waals surface area contributed by atoms with Crippen LogP contribution in [0.5, 0.6) is 11.5 Å². The first-order valence-corrected chi connectivity index (χ1v) is 7.20. The fourth-order valence-electron chi connectivity index (χ4n) is 2.63. The third-order valence-electron chi connectivity index (χ3n) is 3.79. The Morgan fingerprint density at radius 2 is 2.32 bits per heavy atom. The minimum Gasteiger partial charge on any atom is -0.454 e. The summed E-state index contributed by atoms with van der Waals surface area (Å²) < 4.78 is 10.6. The summed E-state index contributed by atoms with van der Waals surface area (Å²) >= 11 is 0. The fraction of sp³-hybridized carbons (Fsp3) is 0.500. The molecule has 2 N–H and O–H groups in total. The SMILES string of the molecule is [N-]=[N+]=N[C@H]1CN[C@H](C(=O)NCCc2ccc3c(c2)OCO3)C1. The van der Waals surface area contributed by atoms with Crippen molar-refractivity contribution in [1.82, 2.24) is 10.6 Å². The minimum atomic E-state index is -0.285. The van der Waals surface area contributed by atoms with Gasteiger partial charge in [-0.2, -0.15) is 0 Å². The monoisotopic (exact) mass is 303 g/mol. The average Bonchev–Trinajstić information content (AvgIpc) is 3.16. The molecule has 2 aliphatic heterocycles. The minimum absolute atomic E-state index is 0.0589. The van der Waals surface area contributed by atoms with Crippen molar-refractivity contribution in [3.05, 3.63) is 34.2 Å². The van der Waals surface area contributed by atoms with Crippen molar-refractivity contribution in [1.29, 1.82) is 0 Å². The van der Waals surface area contributed by atoms with Crippen molar-refractivity contribution in [3.63, 3.8) is 0 Å². The summed E-state index contributed by atoms with van der Waals surface area (Å²) in [7, 11) is 0. The van der Waals surface area contributed by atoms with Crippen LogP contribution >= 0.6 is 0 Å². The molecule has 1 saturated heterocycles. The molecule has 0 aliphatic carbocycles. The molecule has 1 amide bonds. The maximum atomic E-state index is 12.0. The van der Waals surface area contributed by atoms with Gasteiger partial charge in [0.25, 0.3) is 0 Å². The van der Waals surface area contributed by atoms with Crippen molar-refractivity contribution in [2.45, 2.75) is 24.9 Å². The summed E-state index contributed by atoms with van der Waals surface area (Å²) in [5, 5.41) is 9.59. The number of fused-ring (bicyclic) bond motifs is 1. The molecule has 0 radical (unpaired) electrons. The number of nitrogens with zero attached hydrogens (tertiary/aromatic N) is 3. The van der Waals surface area contributed by atoms with E-state index in [9.17, 15) is 4.79 Å². The van der Waals surface area contributed by atoms with Crippen molar-refractivity contribution >= 4 is 5.91 Å². The van der Waals surface area contributed by atoms with Crippen LogP contribution in [0.1, 0.15) is 12.0 Å². The second kappa shape index (κ2) is 6.55. The lowest BCUT2D eigenvalue weighted by Gasteiger charge is -2.11. The van der Waals surface area contributed by atoms with E-state index >= 15 is 0 Å². The van der Waals surface area contributed by atoms with Crippen LogP contribution in [0.25, 0.3) is 10.4 Å². The van der Waals surface area contributed by atoms with Gasteiger partial charge in [0, 0.05) is 18.0 Å². The summed E-state index contributed by atoms with van der Waals surface area (Å²) in [6.07, 6.45) is 1.26. The van der Waals surface area contributed by atoms with Crippen LogP contribution in [0.3, 0.4) is 0 Å². The summed E-state index contributed by atoms with van der Waals surface area (Å²) in [5.74, 6) is 1.45. The third-order valence-corrected chi connectivity index (χ3v) is 3.79. The molecule has 0 bridgehead atoms. The Bertz CT molecular complexity index is 614. The molecule has 8 heteroatoms. The second-order valence-electron chi connectivity index (χ2n) is 5.28. The molecule has 1 fully saturated rings. The molecule has 2 heterocycles. The molecule has 2 aliphatic rings. The average molecular weight is 303 g/mol. The molecule has 116 valence electrons. The Kier molecular flexibility index (Phi) is 4.32. The predicted molar refractivity (Wildman–Crippen MR) is 78.6 cm³/mol. The van der Waals surface area contributed by atoms with Crippen LogP contribution < -0.4 is 20.1 Å². The zero-order chi connectivity index (χ0) is 15.4. The first kappa shape index (κ1) is 14.5. The van der Waals surface area contributed by atoms with Crippen molar-refractivity contribution in [2.24, 2.45) is 5.11 Å². The third kappa shape index (κ3) is 3.24. The number of carbonyl (C=O) groups is 1. The molecule has 1 aromatic carbocycles. The van der Waals surface area contributed by atoms with Crippen LogP contribution in [0.4, 0.5) is 0 Å². The van der Waals surface area contributed by atoms with E-state index in [-0.39, 0.29) is 24.8 Å². The highest BCUT2D eigenvalue weighted by atomic mass is 16.7. The fourth-order valence-corrected chi connectivity index (χ4v) is 2.63. The molecule has 22 heavy (non-hydrogen) atoms. The van der Waals surface area contributed by atoms with Crippen LogP contribution in [0.15, 0.2) is 23.3 Å². The molecular weight excluding hydrogens is 286 g/mol. The van der Waals surface area contributed by atoms with Gasteiger partial charge in [-0.3, -0.25) is 4.79 Å². The van der Waals surface area contributed by atoms with Gasteiger partial charge in [-0.1, -0.05) is 11.2 Å². The number of amides is 1. The summed E-state index contributed by atoms with van der Waals surface area (Å²) in [6, 6.07) is 5.34.